The van der Waals surface area contributed by atoms with Gasteiger partial charge in [0, 0.05) is 26.7 Å². The van der Waals surface area contributed by atoms with Crippen LogP contribution in [0.15, 0.2) is 4.99 Å². The van der Waals surface area contributed by atoms with Crippen LogP contribution >= 0.6 is 24.0 Å². The van der Waals surface area contributed by atoms with Crippen molar-refractivity contribution in [1.29, 1.82) is 0 Å². The van der Waals surface area contributed by atoms with E-state index in [0.29, 0.717) is 19.0 Å². The minimum atomic E-state index is -0.474. The van der Waals surface area contributed by atoms with Gasteiger partial charge in [0.15, 0.2) is 5.96 Å². The molecule has 0 unspecified atom stereocenters. The number of carbonyl (C=O) groups excluding carboxylic acids is 1. The lowest BCUT2D eigenvalue weighted by atomic mass is 10.2. The maximum atomic E-state index is 11.7. The molecule has 0 bridgehead atoms. The van der Waals surface area contributed by atoms with E-state index in [2.05, 4.69) is 17.2 Å². The van der Waals surface area contributed by atoms with E-state index in [4.69, 9.17) is 10.5 Å². The summed E-state index contributed by atoms with van der Waals surface area (Å²) in [5, 5.41) is 3.00. The summed E-state index contributed by atoms with van der Waals surface area (Å²) in [5.41, 5.74) is 5.28. The molecule has 0 atom stereocenters. The number of hydrogen-bond donors (Lipinski definition) is 2. The largest absolute Gasteiger partial charge is 0.444 e. The van der Waals surface area contributed by atoms with Gasteiger partial charge in [0.2, 0.25) is 0 Å². The molecule has 132 valence electrons. The predicted octanol–water partition coefficient (Wildman–Crippen LogP) is 2.96. The highest BCUT2D eigenvalue weighted by Crippen LogP contribution is 2.08. The zero-order chi connectivity index (χ0) is 16.3. The van der Waals surface area contributed by atoms with Crippen molar-refractivity contribution in [1.82, 2.24) is 10.2 Å². The van der Waals surface area contributed by atoms with Crippen molar-refractivity contribution in [3.05, 3.63) is 0 Å². The lowest BCUT2D eigenvalue weighted by Crippen LogP contribution is -2.41. The van der Waals surface area contributed by atoms with E-state index in [1.165, 1.54) is 24.2 Å². The summed E-state index contributed by atoms with van der Waals surface area (Å²) in [7, 11) is 1.70. The van der Waals surface area contributed by atoms with Crippen molar-refractivity contribution in [2.45, 2.75) is 59.0 Å². The second kappa shape index (κ2) is 12.8. The molecule has 0 aromatic heterocycles. The molecule has 7 heteroatoms. The van der Waals surface area contributed by atoms with Crippen LogP contribution in [0.5, 0.6) is 0 Å². The second-order valence-electron chi connectivity index (χ2n) is 6.16. The number of nitrogens with one attached hydrogen (secondary N) is 1. The van der Waals surface area contributed by atoms with Crippen molar-refractivity contribution < 1.29 is 9.53 Å². The molecular formula is C15H33IN4O2. The molecular weight excluding hydrogens is 395 g/mol. The third kappa shape index (κ3) is 14.2. The Bertz CT molecular complexity index is 330. The first-order valence-corrected chi connectivity index (χ1v) is 7.74. The lowest BCUT2D eigenvalue weighted by Gasteiger charge is -2.24. The van der Waals surface area contributed by atoms with Crippen molar-refractivity contribution in [3.63, 3.8) is 0 Å². The van der Waals surface area contributed by atoms with E-state index in [-0.39, 0.29) is 30.1 Å². The van der Waals surface area contributed by atoms with E-state index in [1.54, 1.807) is 7.05 Å². The van der Waals surface area contributed by atoms with Gasteiger partial charge < -0.3 is 20.7 Å². The predicted molar refractivity (Wildman–Crippen MR) is 103 cm³/mol. The van der Waals surface area contributed by atoms with E-state index >= 15 is 0 Å². The molecule has 0 aliphatic carbocycles. The third-order valence-electron chi connectivity index (χ3n) is 2.75. The van der Waals surface area contributed by atoms with Crippen molar-refractivity contribution in [2.75, 3.05) is 26.7 Å². The maximum absolute atomic E-state index is 11.7. The van der Waals surface area contributed by atoms with Gasteiger partial charge in [0.05, 0.1) is 0 Å². The van der Waals surface area contributed by atoms with Crippen molar-refractivity contribution in [2.24, 2.45) is 10.7 Å². The summed E-state index contributed by atoms with van der Waals surface area (Å²) >= 11 is 0. The Hall–Kier alpha value is -0.730. The molecule has 0 heterocycles. The standard InChI is InChI=1S/C15H32N4O2.HI/c1-6-7-8-9-10-17-13(16)18-11-12-19(5)14(20)21-15(2,3)4;/h6-12H2,1-5H3,(H3,16,17,18);1H. The molecule has 0 aliphatic heterocycles. The molecule has 0 fully saturated rings. The first-order valence-electron chi connectivity index (χ1n) is 7.74. The van der Waals surface area contributed by atoms with Crippen LogP contribution in [-0.4, -0.2) is 49.2 Å². The van der Waals surface area contributed by atoms with Gasteiger partial charge in [-0.1, -0.05) is 26.2 Å². The molecule has 1 amide bonds. The molecule has 0 radical (unpaired) electrons. The van der Waals surface area contributed by atoms with E-state index in [9.17, 15) is 4.79 Å². The zero-order valence-corrected chi connectivity index (χ0v) is 17.0. The Morgan fingerprint density at radius 2 is 1.91 bits per heavy atom. The summed E-state index contributed by atoms with van der Waals surface area (Å²) in [6.45, 7) is 9.54. The molecule has 6 nitrogen and oxygen atoms in total. The highest BCUT2D eigenvalue weighted by atomic mass is 127. The van der Waals surface area contributed by atoms with Crippen LogP contribution in [0.3, 0.4) is 0 Å². The normalized spacial score (nSPS) is 11.6. The first-order chi connectivity index (χ1) is 9.76. The van der Waals surface area contributed by atoms with Crippen LogP contribution in [0.1, 0.15) is 53.4 Å². The fourth-order valence-corrected chi connectivity index (χ4v) is 1.58. The molecule has 0 aromatic carbocycles. The average Bonchev–Trinajstić information content (AvgIpc) is 2.36. The van der Waals surface area contributed by atoms with Gasteiger partial charge in [-0.15, -0.1) is 24.0 Å². The Morgan fingerprint density at radius 3 is 2.45 bits per heavy atom. The van der Waals surface area contributed by atoms with Crippen LogP contribution in [0.25, 0.3) is 0 Å². The number of amides is 1. The van der Waals surface area contributed by atoms with Gasteiger partial charge in [-0.05, 0) is 27.2 Å². The number of unbranched alkanes of at least 4 members (excludes halogenated alkanes) is 3. The van der Waals surface area contributed by atoms with Crippen LogP contribution in [-0.2, 0) is 4.74 Å². The van der Waals surface area contributed by atoms with Gasteiger partial charge in [0.25, 0.3) is 0 Å². The highest BCUT2D eigenvalue weighted by Gasteiger charge is 2.19. The molecule has 0 aliphatic rings. The van der Waals surface area contributed by atoms with Crippen molar-refractivity contribution >= 4 is 36.0 Å². The zero-order valence-electron chi connectivity index (χ0n) is 14.6. The second-order valence-corrected chi connectivity index (χ2v) is 6.16. The molecule has 3 N–H and O–H groups in total. The van der Waals surface area contributed by atoms with Crippen LogP contribution in [0.2, 0.25) is 0 Å². The number of ether oxygens (including phenoxy) is 1. The average molecular weight is 428 g/mol. The summed E-state index contributed by atoms with van der Waals surface area (Å²) in [6.07, 6.45) is 4.38. The molecule has 0 saturated carbocycles. The highest BCUT2D eigenvalue weighted by molar-refractivity contribution is 14.0. The van der Waals surface area contributed by atoms with Gasteiger partial charge in [0.1, 0.15) is 5.60 Å². The van der Waals surface area contributed by atoms with Gasteiger partial charge in [-0.25, -0.2) is 4.79 Å². The Balaban J connectivity index is 0. The lowest BCUT2D eigenvalue weighted by molar-refractivity contribution is 0.0302. The number of halogens is 1. The molecule has 0 aromatic rings. The summed E-state index contributed by atoms with van der Waals surface area (Å²) in [6, 6.07) is 0. The maximum Gasteiger partial charge on any atom is 0.410 e. The molecule has 22 heavy (non-hydrogen) atoms. The molecule has 0 rings (SSSR count). The van der Waals surface area contributed by atoms with E-state index in [1.807, 2.05) is 20.8 Å². The Labute approximate surface area is 152 Å². The Morgan fingerprint density at radius 1 is 1.27 bits per heavy atom. The number of nitrogens with zero attached hydrogens (tertiary/aromatic N) is 2. The van der Waals surface area contributed by atoms with Crippen LogP contribution in [0.4, 0.5) is 4.79 Å². The number of rotatable bonds is 8. The SMILES string of the molecule is CCCCCCN=C(N)NCCN(C)C(=O)OC(C)(C)C.I. The first kappa shape index (κ1) is 23.5. The third-order valence-corrected chi connectivity index (χ3v) is 2.75. The van der Waals surface area contributed by atoms with Gasteiger partial charge >= 0.3 is 6.09 Å². The summed E-state index contributed by atoms with van der Waals surface area (Å²) in [4.78, 5) is 17.5. The number of hydrogen-bond acceptors (Lipinski definition) is 3. The number of aliphatic imine (C=N–C) groups is 1. The number of guanidine groups is 1. The Kier molecular flexibility index (Phi) is 13.7. The topological polar surface area (TPSA) is 80.0 Å². The van der Waals surface area contributed by atoms with E-state index < -0.39 is 5.60 Å². The number of carbonyl (C=O) groups is 1. The fraction of sp³-hybridized carbons (Fsp3) is 0.867. The minimum Gasteiger partial charge on any atom is -0.444 e. The van der Waals surface area contributed by atoms with Gasteiger partial charge in [-0.3, -0.25) is 4.99 Å². The molecule has 0 saturated heterocycles. The molecule has 0 spiro atoms. The summed E-state index contributed by atoms with van der Waals surface area (Å²) in [5.74, 6) is 0.434. The van der Waals surface area contributed by atoms with Crippen LogP contribution in [0, 0.1) is 0 Å². The van der Waals surface area contributed by atoms with Crippen LogP contribution < -0.4 is 11.1 Å². The van der Waals surface area contributed by atoms with Crippen molar-refractivity contribution in [3.8, 4) is 0 Å². The van der Waals surface area contributed by atoms with Gasteiger partial charge in [-0.2, -0.15) is 0 Å². The number of nitrogens with two attached hydrogens (primary N) is 1. The van der Waals surface area contributed by atoms with E-state index in [0.717, 1.165) is 13.0 Å². The monoisotopic (exact) mass is 428 g/mol. The fourth-order valence-electron chi connectivity index (χ4n) is 1.58. The summed E-state index contributed by atoms with van der Waals surface area (Å²) < 4.78 is 5.26. The minimum absolute atomic E-state index is 0. The smallest absolute Gasteiger partial charge is 0.410 e. The number of likely N-dealkylation sites (N-methyl/N-ethyl adjacent to an activating group) is 1. The quantitative estimate of drug-likeness (QED) is 0.270.